The number of ether oxygens (including phenoxy) is 1. The van der Waals surface area contributed by atoms with E-state index >= 15 is 0 Å². The standard InChI is InChI=1S/C19H18N2O5/c1-13(15-7-9-16(10-8-15)21(24)25)18(22)20-17(12-26-19(20)23)11-14-5-3-2-4-6-14/h2-10,13,17H,11-12H2,1H3/t13-,17-/m1/s1. The number of hydrogen-bond acceptors (Lipinski definition) is 5. The second-order valence-corrected chi connectivity index (χ2v) is 6.20. The molecule has 1 aliphatic rings. The highest BCUT2D eigenvalue weighted by Gasteiger charge is 2.40. The number of amides is 2. The number of nitro groups is 1. The maximum absolute atomic E-state index is 12.9. The summed E-state index contributed by atoms with van der Waals surface area (Å²) in [4.78, 5) is 36.4. The average molecular weight is 354 g/mol. The van der Waals surface area contributed by atoms with Crippen LogP contribution in [0.4, 0.5) is 10.5 Å². The molecule has 0 radical (unpaired) electrons. The van der Waals surface area contributed by atoms with Crippen LogP contribution in [-0.2, 0) is 16.0 Å². The molecule has 0 unspecified atom stereocenters. The Kier molecular flexibility index (Phi) is 4.97. The van der Waals surface area contributed by atoms with E-state index in [-0.39, 0.29) is 24.2 Å². The summed E-state index contributed by atoms with van der Waals surface area (Å²) in [7, 11) is 0. The van der Waals surface area contributed by atoms with Gasteiger partial charge in [-0.05, 0) is 24.5 Å². The Morgan fingerprint density at radius 2 is 1.88 bits per heavy atom. The van der Waals surface area contributed by atoms with Gasteiger partial charge in [-0.15, -0.1) is 0 Å². The van der Waals surface area contributed by atoms with Crippen molar-refractivity contribution >= 4 is 17.7 Å². The van der Waals surface area contributed by atoms with Crippen LogP contribution in [0.3, 0.4) is 0 Å². The molecule has 3 rings (SSSR count). The van der Waals surface area contributed by atoms with E-state index in [1.54, 1.807) is 6.92 Å². The predicted molar refractivity (Wildman–Crippen MR) is 93.6 cm³/mol. The van der Waals surface area contributed by atoms with Gasteiger partial charge in [0.2, 0.25) is 5.91 Å². The SMILES string of the molecule is C[C@@H](C(=O)N1C(=O)OC[C@H]1Cc1ccccc1)c1ccc([N+](=O)[O-])cc1. The Balaban J connectivity index is 1.77. The maximum atomic E-state index is 12.9. The molecule has 26 heavy (non-hydrogen) atoms. The molecule has 7 heteroatoms. The number of carbonyl (C=O) groups is 2. The smallest absolute Gasteiger partial charge is 0.417 e. The van der Waals surface area contributed by atoms with Gasteiger partial charge >= 0.3 is 6.09 Å². The van der Waals surface area contributed by atoms with Crippen LogP contribution in [0.15, 0.2) is 54.6 Å². The lowest BCUT2D eigenvalue weighted by atomic mass is 9.98. The maximum Gasteiger partial charge on any atom is 0.417 e. The zero-order valence-electron chi connectivity index (χ0n) is 14.2. The zero-order valence-corrected chi connectivity index (χ0v) is 14.2. The largest absolute Gasteiger partial charge is 0.447 e. The number of rotatable bonds is 5. The molecule has 2 amide bonds. The lowest BCUT2D eigenvalue weighted by molar-refractivity contribution is -0.384. The third-order valence-corrected chi connectivity index (χ3v) is 4.49. The number of cyclic esters (lactones) is 1. The molecule has 2 aromatic carbocycles. The molecule has 0 spiro atoms. The molecule has 0 bridgehead atoms. The topological polar surface area (TPSA) is 89.8 Å². The van der Waals surface area contributed by atoms with Gasteiger partial charge < -0.3 is 4.74 Å². The van der Waals surface area contributed by atoms with Gasteiger partial charge in [0.1, 0.15) is 6.61 Å². The number of nitro benzene ring substituents is 1. The summed E-state index contributed by atoms with van der Waals surface area (Å²) >= 11 is 0. The Hall–Kier alpha value is -3.22. The fraction of sp³-hybridized carbons (Fsp3) is 0.263. The Morgan fingerprint density at radius 1 is 1.23 bits per heavy atom. The second kappa shape index (κ2) is 7.35. The number of nitrogens with zero attached hydrogens (tertiary/aromatic N) is 2. The molecule has 7 nitrogen and oxygen atoms in total. The summed E-state index contributed by atoms with van der Waals surface area (Å²) in [5, 5.41) is 10.8. The minimum absolute atomic E-state index is 0.0454. The highest BCUT2D eigenvalue weighted by molar-refractivity contribution is 5.97. The normalized spacial score (nSPS) is 17.7. The fourth-order valence-electron chi connectivity index (χ4n) is 3.00. The van der Waals surface area contributed by atoms with Gasteiger partial charge in [-0.25, -0.2) is 9.69 Å². The quantitative estimate of drug-likeness (QED) is 0.607. The van der Waals surface area contributed by atoms with Crippen LogP contribution >= 0.6 is 0 Å². The van der Waals surface area contributed by atoms with E-state index in [4.69, 9.17) is 4.74 Å². The lowest BCUT2D eigenvalue weighted by Crippen LogP contribution is -2.42. The molecule has 1 fully saturated rings. The van der Waals surface area contributed by atoms with Gasteiger partial charge in [-0.2, -0.15) is 0 Å². The summed E-state index contributed by atoms with van der Waals surface area (Å²) in [6.45, 7) is 1.83. The lowest BCUT2D eigenvalue weighted by Gasteiger charge is -2.23. The fourth-order valence-corrected chi connectivity index (χ4v) is 3.00. The van der Waals surface area contributed by atoms with Crippen molar-refractivity contribution in [3.05, 3.63) is 75.8 Å². The summed E-state index contributed by atoms with van der Waals surface area (Å²) in [5.74, 6) is -0.984. The van der Waals surface area contributed by atoms with Crippen molar-refractivity contribution in [2.45, 2.75) is 25.3 Å². The monoisotopic (exact) mass is 354 g/mol. The number of imide groups is 1. The first kappa shape index (κ1) is 17.6. The van der Waals surface area contributed by atoms with Gasteiger partial charge in [-0.3, -0.25) is 14.9 Å². The van der Waals surface area contributed by atoms with Gasteiger partial charge in [0, 0.05) is 12.1 Å². The van der Waals surface area contributed by atoms with Crippen molar-refractivity contribution < 1.29 is 19.2 Å². The van der Waals surface area contributed by atoms with Crippen LogP contribution < -0.4 is 0 Å². The number of hydrogen-bond donors (Lipinski definition) is 0. The molecule has 134 valence electrons. The van der Waals surface area contributed by atoms with Crippen LogP contribution in [0.25, 0.3) is 0 Å². The second-order valence-electron chi connectivity index (χ2n) is 6.20. The first-order valence-electron chi connectivity index (χ1n) is 8.25. The average Bonchev–Trinajstić information content (AvgIpc) is 3.01. The number of benzene rings is 2. The van der Waals surface area contributed by atoms with Crippen LogP contribution in [0, 0.1) is 10.1 Å². The van der Waals surface area contributed by atoms with Crippen LogP contribution in [0.1, 0.15) is 24.0 Å². The van der Waals surface area contributed by atoms with E-state index in [9.17, 15) is 19.7 Å². The highest BCUT2D eigenvalue weighted by atomic mass is 16.6. The zero-order chi connectivity index (χ0) is 18.7. The van der Waals surface area contributed by atoms with Crippen LogP contribution in [-0.4, -0.2) is 34.5 Å². The summed E-state index contributed by atoms with van der Waals surface area (Å²) in [5.41, 5.74) is 1.58. The number of carbonyl (C=O) groups excluding carboxylic acids is 2. The van der Waals surface area contributed by atoms with E-state index in [2.05, 4.69) is 0 Å². The molecule has 1 saturated heterocycles. The van der Waals surface area contributed by atoms with E-state index < -0.39 is 16.9 Å². The van der Waals surface area contributed by atoms with E-state index in [1.807, 2.05) is 30.3 Å². The molecule has 2 aromatic rings. The van der Waals surface area contributed by atoms with Gasteiger partial charge in [0.05, 0.1) is 16.9 Å². The minimum Gasteiger partial charge on any atom is -0.447 e. The predicted octanol–water partition coefficient (Wildman–Crippen LogP) is 3.29. The third kappa shape index (κ3) is 3.56. The van der Waals surface area contributed by atoms with Crippen molar-refractivity contribution in [1.82, 2.24) is 4.90 Å². The first-order valence-corrected chi connectivity index (χ1v) is 8.25. The Bertz CT molecular complexity index is 820. The first-order chi connectivity index (χ1) is 12.5. The van der Waals surface area contributed by atoms with Gasteiger partial charge in [0.15, 0.2) is 0 Å². The minimum atomic E-state index is -0.648. The summed E-state index contributed by atoms with van der Waals surface area (Å²) in [6.07, 6.45) is -0.129. The third-order valence-electron chi connectivity index (χ3n) is 4.49. The van der Waals surface area contributed by atoms with E-state index in [0.717, 1.165) is 5.56 Å². The summed E-state index contributed by atoms with van der Waals surface area (Å²) < 4.78 is 5.08. The Labute approximate surface area is 150 Å². The molecule has 2 atom stereocenters. The van der Waals surface area contributed by atoms with Crippen molar-refractivity contribution in [2.75, 3.05) is 6.61 Å². The van der Waals surface area contributed by atoms with Crippen molar-refractivity contribution in [3.8, 4) is 0 Å². The highest BCUT2D eigenvalue weighted by Crippen LogP contribution is 2.26. The molecule has 0 N–H and O–H groups in total. The molecule has 1 heterocycles. The molecular formula is C19H18N2O5. The van der Waals surface area contributed by atoms with Gasteiger partial charge in [-0.1, -0.05) is 42.5 Å². The molecule has 0 aliphatic carbocycles. The molecule has 0 saturated carbocycles. The van der Waals surface area contributed by atoms with Gasteiger partial charge in [0.25, 0.3) is 5.69 Å². The summed E-state index contributed by atoms with van der Waals surface area (Å²) in [6, 6.07) is 15.0. The number of non-ortho nitro benzene ring substituents is 1. The Morgan fingerprint density at radius 3 is 2.50 bits per heavy atom. The van der Waals surface area contributed by atoms with Crippen molar-refractivity contribution in [2.24, 2.45) is 0 Å². The molecule has 0 aromatic heterocycles. The van der Waals surface area contributed by atoms with E-state index in [0.29, 0.717) is 12.0 Å². The van der Waals surface area contributed by atoms with Crippen LogP contribution in [0.2, 0.25) is 0 Å². The molecular weight excluding hydrogens is 336 g/mol. The van der Waals surface area contributed by atoms with Crippen LogP contribution in [0.5, 0.6) is 0 Å². The molecule has 1 aliphatic heterocycles. The van der Waals surface area contributed by atoms with E-state index in [1.165, 1.54) is 29.2 Å². The van der Waals surface area contributed by atoms with Crippen molar-refractivity contribution in [1.29, 1.82) is 0 Å². The van der Waals surface area contributed by atoms with Crippen molar-refractivity contribution in [3.63, 3.8) is 0 Å².